The van der Waals surface area contributed by atoms with E-state index in [0.717, 1.165) is 11.1 Å². The van der Waals surface area contributed by atoms with Crippen LogP contribution < -0.4 is 5.32 Å². The molecule has 0 aliphatic heterocycles. The van der Waals surface area contributed by atoms with E-state index in [9.17, 15) is 14.7 Å². The monoisotopic (exact) mass is 485 g/mol. The maximum atomic E-state index is 12.3. The molecule has 1 amide bonds. The Morgan fingerprint density at radius 1 is 0.914 bits per heavy atom. The Morgan fingerprint density at radius 2 is 1.46 bits per heavy atom. The van der Waals surface area contributed by atoms with Crippen LogP contribution in [0.1, 0.15) is 38.8 Å². The average Bonchev–Trinajstić information content (AvgIpc) is 2.80. The predicted octanol–water partition coefficient (Wildman–Crippen LogP) is 4.17. The van der Waals surface area contributed by atoms with E-state index >= 15 is 0 Å². The van der Waals surface area contributed by atoms with Crippen LogP contribution in [0.5, 0.6) is 0 Å². The molecule has 2 aromatic carbocycles. The highest BCUT2D eigenvalue weighted by molar-refractivity contribution is 5.81. The smallest absolute Gasteiger partial charge is 0.408 e. The molecular formula is C28H39NO6. The van der Waals surface area contributed by atoms with Crippen molar-refractivity contribution in [3.63, 3.8) is 0 Å². The molecule has 35 heavy (non-hydrogen) atoms. The standard InChI is InChI=1S/C28H39NO6/c1-20(30)24(17-22-14-10-7-11-15-22)23(16-21-12-8-6-9-13-21)18-34-19-25(26(31)33-5)29-27(32)35-28(2,3)4/h6-15,20,23-25,30H,16-19H2,1-5H3,(H,29,32)/t20-,23-,24-,25?/m0/s1. The molecule has 0 saturated carbocycles. The van der Waals surface area contributed by atoms with Crippen LogP contribution in [-0.2, 0) is 31.8 Å². The minimum Gasteiger partial charge on any atom is -0.467 e. The number of amides is 1. The average molecular weight is 486 g/mol. The summed E-state index contributed by atoms with van der Waals surface area (Å²) >= 11 is 0. The number of esters is 1. The minimum absolute atomic E-state index is 0.0302. The Labute approximate surface area is 208 Å². The van der Waals surface area contributed by atoms with Crippen molar-refractivity contribution >= 4 is 12.1 Å². The van der Waals surface area contributed by atoms with E-state index in [0.29, 0.717) is 19.4 Å². The van der Waals surface area contributed by atoms with Gasteiger partial charge in [0.05, 0.1) is 26.4 Å². The first-order valence-corrected chi connectivity index (χ1v) is 12.0. The van der Waals surface area contributed by atoms with Gasteiger partial charge in [-0.1, -0.05) is 60.7 Å². The second-order valence-corrected chi connectivity index (χ2v) is 9.80. The summed E-state index contributed by atoms with van der Waals surface area (Å²) in [5, 5.41) is 13.2. The first-order chi connectivity index (χ1) is 16.6. The Balaban J connectivity index is 2.13. The molecule has 7 heteroatoms. The van der Waals surface area contributed by atoms with Crippen molar-refractivity contribution < 1.29 is 28.9 Å². The topological polar surface area (TPSA) is 94.1 Å². The molecule has 0 aliphatic carbocycles. The summed E-state index contributed by atoms with van der Waals surface area (Å²) in [6.45, 7) is 7.25. The third-order valence-electron chi connectivity index (χ3n) is 5.67. The zero-order valence-electron chi connectivity index (χ0n) is 21.4. The molecule has 2 aromatic rings. The Morgan fingerprint density at radius 3 is 1.94 bits per heavy atom. The maximum absolute atomic E-state index is 12.3. The number of carbonyl (C=O) groups excluding carboxylic acids is 2. The fraction of sp³-hybridized carbons (Fsp3) is 0.500. The minimum atomic E-state index is -1.01. The van der Waals surface area contributed by atoms with Crippen LogP contribution in [0.2, 0.25) is 0 Å². The number of ether oxygens (including phenoxy) is 3. The number of aliphatic hydroxyl groups is 1. The molecule has 4 atom stereocenters. The van der Waals surface area contributed by atoms with Crippen molar-refractivity contribution in [2.24, 2.45) is 11.8 Å². The van der Waals surface area contributed by atoms with Crippen LogP contribution >= 0.6 is 0 Å². The molecule has 1 unspecified atom stereocenters. The van der Waals surface area contributed by atoms with E-state index < -0.39 is 29.8 Å². The third kappa shape index (κ3) is 10.5. The number of hydrogen-bond donors (Lipinski definition) is 2. The van der Waals surface area contributed by atoms with Crippen LogP contribution in [0.3, 0.4) is 0 Å². The predicted molar refractivity (Wildman–Crippen MR) is 135 cm³/mol. The fourth-order valence-electron chi connectivity index (χ4n) is 3.97. The zero-order chi connectivity index (χ0) is 25.8. The lowest BCUT2D eigenvalue weighted by Crippen LogP contribution is -2.47. The lowest BCUT2D eigenvalue weighted by Gasteiger charge is -2.30. The number of rotatable bonds is 12. The SMILES string of the molecule is COC(=O)C(COC[C@H](Cc1ccccc1)[C@@H](Cc1ccccc1)[C@H](C)O)NC(=O)OC(C)(C)C. The van der Waals surface area contributed by atoms with Gasteiger partial charge in [-0.3, -0.25) is 0 Å². The van der Waals surface area contributed by atoms with Gasteiger partial charge < -0.3 is 24.6 Å². The zero-order valence-corrected chi connectivity index (χ0v) is 21.4. The van der Waals surface area contributed by atoms with Crippen LogP contribution in [-0.4, -0.2) is 55.2 Å². The van der Waals surface area contributed by atoms with Crippen LogP contribution in [0.15, 0.2) is 60.7 Å². The number of aliphatic hydroxyl groups excluding tert-OH is 1. The van der Waals surface area contributed by atoms with Gasteiger partial charge in [-0.25, -0.2) is 9.59 Å². The number of alkyl carbamates (subject to hydrolysis) is 1. The number of hydrogen-bond acceptors (Lipinski definition) is 6. The molecule has 0 bridgehead atoms. The normalized spacial score (nSPS) is 14.9. The molecule has 0 aromatic heterocycles. The van der Waals surface area contributed by atoms with E-state index in [1.807, 2.05) is 48.5 Å². The summed E-state index contributed by atoms with van der Waals surface area (Å²) in [5.74, 6) is -0.725. The molecule has 7 nitrogen and oxygen atoms in total. The Kier molecular flexibility index (Phi) is 11.2. The van der Waals surface area contributed by atoms with Crippen molar-refractivity contribution in [1.82, 2.24) is 5.32 Å². The summed E-state index contributed by atoms with van der Waals surface area (Å²) in [6.07, 6.45) is 0.105. The molecule has 0 heterocycles. The highest BCUT2D eigenvalue weighted by Crippen LogP contribution is 2.26. The number of benzene rings is 2. The van der Waals surface area contributed by atoms with Gasteiger partial charge in [-0.2, -0.15) is 0 Å². The quantitative estimate of drug-likeness (QED) is 0.438. The van der Waals surface area contributed by atoms with Crippen LogP contribution in [0, 0.1) is 11.8 Å². The number of nitrogens with one attached hydrogen (secondary N) is 1. The first-order valence-electron chi connectivity index (χ1n) is 12.0. The second kappa shape index (κ2) is 13.9. The fourth-order valence-corrected chi connectivity index (χ4v) is 3.97. The summed E-state index contributed by atoms with van der Waals surface area (Å²) in [6, 6.07) is 19.1. The van der Waals surface area contributed by atoms with E-state index in [1.165, 1.54) is 7.11 Å². The molecule has 0 aliphatic rings. The highest BCUT2D eigenvalue weighted by atomic mass is 16.6. The second-order valence-electron chi connectivity index (χ2n) is 9.80. The maximum Gasteiger partial charge on any atom is 0.408 e. The number of carbonyl (C=O) groups is 2. The van der Waals surface area contributed by atoms with Crippen molar-refractivity contribution in [1.29, 1.82) is 0 Å². The molecule has 0 saturated heterocycles. The van der Waals surface area contributed by atoms with E-state index in [4.69, 9.17) is 14.2 Å². The first kappa shape index (κ1) is 28.3. The summed E-state index contributed by atoms with van der Waals surface area (Å²) in [5.41, 5.74) is 1.57. The summed E-state index contributed by atoms with van der Waals surface area (Å²) in [7, 11) is 1.26. The summed E-state index contributed by atoms with van der Waals surface area (Å²) in [4.78, 5) is 24.4. The van der Waals surface area contributed by atoms with Crippen molar-refractivity contribution in [3.8, 4) is 0 Å². The van der Waals surface area contributed by atoms with Gasteiger partial charge in [0.25, 0.3) is 0 Å². The van der Waals surface area contributed by atoms with Crippen molar-refractivity contribution in [2.45, 2.75) is 58.3 Å². The van der Waals surface area contributed by atoms with Gasteiger partial charge in [-0.15, -0.1) is 0 Å². The molecule has 0 spiro atoms. The van der Waals surface area contributed by atoms with Crippen molar-refractivity contribution in [2.75, 3.05) is 20.3 Å². The van der Waals surface area contributed by atoms with Gasteiger partial charge in [-0.05, 0) is 63.5 Å². The molecule has 0 fully saturated rings. The highest BCUT2D eigenvalue weighted by Gasteiger charge is 2.29. The van der Waals surface area contributed by atoms with Gasteiger partial charge >= 0.3 is 12.1 Å². The van der Waals surface area contributed by atoms with Crippen molar-refractivity contribution in [3.05, 3.63) is 71.8 Å². The number of methoxy groups -OCH3 is 1. The van der Waals surface area contributed by atoms with Crippen LogP contribution in [0.25, 0.3) is 0 Å². The van der Waals surface area contributed by atoms with Gasteiger partial charge in [0.2, 0.25) is 0 Å². The van der Waals surface area contributed by atoms with Gasteiger partial charge in [0.15, 0.2) is 6.04 Å². The molecule has 192 valence electrons. The van der Waals surface area contributed by atoms with Gasteiger partial charge in [0.1, 0.15) is 5.60 Å². The Bertz CT molecular complexity index is 895. The molecule has 0 radical (unpaired) electrons. The van der Waals surface area contributed by atoms with E-state index in [1.54, 1.807) is 27.7 Å². The summed E-state index contributed by atoms with van der Waals surface area (Å²) < 4.78 is 16.1. The van der Waals surface area contributed by atoms with Gasteiger partial charge in [0, 0.05) is 0 Å². The molecule has 2 rings (SSSR count). The molecular weight excluding hydrogens is 446 g/mol. The Hall–Kier alpha value is -2.90. The van der Waals surface area contributed by atoms with E-state index in [2.05, 4.69) is 17.4 Å². The lowest BCUT2D eigenvalue weighted by atomic mass is 9.80. The van der Waals surface area contributed by atoms with Crippen LogP contribution in [0.4, 0.5) is 4.79 Å². The van der Waals surface area contributed by atoms with E-state index in [-0.39, 0.29) is 18.4 Å². The lowest BCUT2D eigenvalue weighted by molar-refractivity contribution is -0.145. The largest absolute Gasteiger partial charge is 0.467 e. The third-order valence-corrected chi connectivity index (χ3v) is 5.67. The molecule has 2 N–H and O–H groups in total.